The Morgan fingerprint density at radius 1 is 1.15 bits per heavy atom. The van der Waals surface area contributed by atoms with E-state index >= 15 is 0 Å². The SMILES string of the molecule is C=C/C(C(C=NCC1CCNCC1)=CN)=C(/C/C(C)=C/C(C)=NC(=C)C)C1=C(C)N(C(=O)C2CC2)[C@@H](C)CC1. The van der Waals surface area contributed by atoms with Gasteiger partial charge in [-0.25, -0.2) is 0 Å². The molecule has 0 radical (unpaired) electrons. The van der Waals surface area contributed by atoms with Gasteiger partial charge < -0.3 is 16.0 Å². The predicted octanol–water partition coefficient (Wildman–Crippen LogP) is 6.41. The van der Waals surface area contributed by atoms with Crippen molar-refractivity contribution in [2.24, 2.45) is 27.6 Å². The second-order valence-electron chi connectivity index (χ2n) is 11.5. The van der Waals surface area contributed by atoms with Gasteiger partial charge in [-0.05, 0) is 121 Å². The number of hydrogen-bond donors (Lipinski definition) is 2. The van der Waals surface area contributed by atoms with Crippen LogP contribution in [0.1, 0.15) is 79.6 Å². The summed E-state index contributed by atoms with van der Waals surface area (Å²) in [5, 5.41) is 3.42. The standard InChI is InChI=1S/C33H49N5O/c1-8-30(29(19-34)21-36-20-27-13-15-35-16-14-27)32(18-23(4)17-24(5)37-22(2)3)31-12-9-25(6)38(26(31)7)33(39)28-10-11-28/h8,17,19,21,25,27-28,35H,1-2,9-16,18,20,34H2,3-7H3/b23-17+,29-19?,32-30+,36-21?,37-24?/t25-/m0/s1. The first-order valence-electron chi connectivity index (χ1n) is 14.6. The lowest BCUT2D eigenvalue weighted by molar-refractivity contribution is -0.132. The molecule has 2 aliphatic heterocycles. The van der Waals surface area contributed by atoms with E-state index in [9.17, 15) is 4.79 Å². The van der Waals surface area contributed by atoms with Crippen molar-refractivity contribution in [2.75, 3.05) is 19.6 Å². The monoisotopic (exact) mass is 531 g/mol. The third-order valence-corrected chi connectivity index (χ3v) is 7.93. The summed E-state index contributed by atoms with van der Waals surface area (Å²) in [6.45, 7) is 21.3. The number of nitrogens with one attached hydrogen (secondary N) is 1. The normalized spacial score (nSPS) is 22.8. The molecule has 2 fully saturated rings. The molecule has 0 unspecified atom stereocenters. The molecule has 212 valence electrons. The quantitative estimate of drug-likeness (QED) is 0.239. The minimum atomic E-state index is 0.178. The number of nitrogens with two attached hydrogens (primary N) is 1. The summed E-state index contributed by atoms with van der Waals surface area (Å²) in [7, 11) is 0. The number of piperidine rings is 1. The van der Waals surface area contributed by atoms with E-state index in [1.807, 2.05) is 26.1 Å². The molecule has 3 N–H and O–H groups in total. The van der Waals surface area contributed by atoms with Crippen molar-refractivity contribution in [3.05, 3.63) is 70.8 Å². The Morgan fingerprint density at radius 2 is 1.85 bits per heavy atom. The van der Waals surface area contributed by atoms with Crippen LogP contribution < -0.4 is 11.1 Å². The summed E-state index contributed by atoms with van der Waals surface area (Å²) in [6, 6.07) is 0.202. The number of carbonyl (C=O) groups is 1. The summed E-state index contributed by atoms with van der Waals surface area (Å²) >= 11 is 0. The Labute approximate surface area is 236 Å². The molecule has 1 saturated heterocycles. The average molecular weight is 532 g/mol. The van der Waals surface area contributed by atoms with Crippen molar-refractivity contribution in [1.29, 1.82) is 0 Å². The third kappa shape index (κ3) is 8.50. The van der Waals surface area contributed by atoms with Gasteiger partial charge in [0.1, 0.15) is 0 Å². The highest BCUT2D eigenvalue weighted by Gasteiger charge is 2.38. The molecule has 1 atom stereocenters. The molecular weight excluding hydrogens is 482 g/mol. The predicted molar refractivity (Wildman–Crippen MR) is 166 cm³/mol. The Kier molecular flexibility index (Phi) is 11.3. The van der Waals surface area contributed by atoms with Crippen LogP contribution in [-0.2, 0) is 4.79 Å². The average Bonchev–Trinajstić information content (AvgIpc) is 3.73. The summed E-state index contributed by atoms with van der Waals surface area (Å²) in [5.74, 6) is 1.05. The molecule has 6 nitrogen and oxygen atoms in total. The van der Waals surface area contributed by atoms with Crippen molar-refractivity contribution < 1.29 is 4.79 Å². The molecule has 39 heavy (non-hydrogen) atoms. The highest BCUT2D eigenvalue weighted by Crippen LogP contribution is 2.40. The number of allylic oxidation sites excluding steroid dienone is 9. The number of nitrogens with zero attached hydrogens (tertiary/aromatic N) is 3. The summed E-state index contributed by atoms with van der Waals surface area (Å²) in [6.07, 6.45) is 14.4. The smallest absolute Gasteiger partial charge is 0.230 e. The van der Waals surface area contributed by atoms with E-state index in [2.05, 4.69) is 55.2 Å². The molecular formula is C33H49N5O. The minimum Gasteiger partial charge on any atom is -0.404 e. The van der Waals surface area contributed by atoms with E-state index in [1.54, 1.807) is 6.20 Å². The van der Waals surface area contributed by atoms with E-state index in [0.29, 0.717) is 12.3 Å². The van der Waals surface area contributed by atoms with Gasteiger partial charge in [0.2, 0.25) is 5.91 Å². The Balaban J connectivity index is 2.05. The zero-order valence-corrected chi connectivity index (χ0v) is 24.9. The zero-order valence-electron chi connectivity index (χ0n) is 24.9. The fourth-order valence-electron chi connectivity index (χ4n) is 5.78. The van der Waals surface area contributed by atoms with Crippen LogP contribution in [0.25, 0.3) is 0 Å². The molecule has 3 aliphatic rings. The van der Waals surface area contributed by atoms with Crippen molar-refractivity contribution >= 4 is 17.8 Å². The van der Waals surface area contributed by atoms with E-state index in [0.717, 1.165) is 92.0 Å². The van der Waals surface area contributed by atoms with Crippen LogP contribution in [0.2, 0.25) is 0 Å². The second-order valence-corrected chi connectivity index (χ2v) is 11.5. The molecule has 0 aromatic rings. The van der Waals surface area contributed by atoms with Gasteiger partial charge >= 0.3 is 0 Å². The van der Waals surface area contributed by atoms with Gasteiger partial charge in [0.25, 0.3) is 0 Å². The third-order valence-electron chi connectivity index (χ3n) is 7.93. The van der Waals surface area contributed by atoms with Crippen LogP contribution in [0.15, 0.2) is 80.8 Å². The minimum absolute atomic E-state index is 0.178. The van der Waals surface area contributed by atoms with Gasteiger partial charge in [-0.3, -0.25) is 14.8 Å². The topological polar surface area (TPSA) is 83.1 Å². The summed E-state index contributed by atoms with van der Waals surface area (Å²) in [4.78, 5) is 24.7. The molecule has 0 aromatic heterocycles. The van der Waals surface area contributed by atoms with Gasteiger partial charge in [0, 0.05) is 53.6 Å². The van der Waals surface area contributed by atoms with E-state index in [4.69, 9.17) is 10.7 Å². The van der Waals surface area contributed by atoms with Gasteiger partial charge in [0.05, 0.1) is 0 Å². The number of amides is 1. The maximum atomic E-state index is 13.3. The lowest BCUT2D eigenvalue weighted by atomic mass is 9.84. The first kappa shape index (κ1) is 30.6. The maximum Gasteiger partial charge on any atom is 0.230 e. The fraction of sp³-hybridized carbons (Fsp3) is 0.545. The molecule has 0 bridgehead atoms. The number of hydrogen-bond acceptors (Lipinski definition) is 5. The van der Waals surface area contributed by atoms with Gasteiger partial charge in [-0.1, -0.05) is 24.8 Å². The van der Waals surface area contributed by atoms with E-state index in [1.165, 1.54) is 11.1 Å². The fourth-order valence-corrected chi connectivity index (χ4v) is 5.78. The van der Waals surface area contributed by atoms with Gasteiger partial charge in [-0.2, -0.15) is 0 Å². The molecule has 0 aromatic carbocycles. The highest BCUT2D eigenvalue weighted by molar-refractivity contribution is 5.94. The van der Waals surface area contributed by atoms with Crippen molar-refractivity contribution in [2.45, 2.75) is 85.6 Å². The zero-order chi connectivity index (χ0) is 28.5. The highest BCUT2D eigenvalue weighted by atomic mass is 16.2. The summed E-state index contributed by atoms with van der Waals surface area (Å²) in [5.41, 5.74) is 14.4. The largest absolute Gasteiger partial charge is 0.404 e. The molecule has 0 spiro atoms. The van der Waals surface area contributed by atoms with Crippen LogP contribution >= 0.6 is 0 Å². The Hall–Kier alpha value is -2.99. The number of carbonyl (C=O) groups excluding carboxylic acids is 1. The summed E-state index contributed by atoms with van der Waals surface area (Å²) < 4.78 is 0. The van der Waals surface area contributed by atoms with Gasteiger partial charge in [0.15, 0.2) is 0 Å². The molecule has 1 aliphatic carbocycles. The molecule has 6 heteroatoms. The molecule has 1 saturated carbocycles. The van der Waals surface area contributed by atoms with E-state index in [-0.39, 0.29) is 17.9 Å². The van der Waals surface area contributed by atoms with Crippen molar-refractivity contribution in [3.8, 4) is 0 Å². The lowest BCUT2D eigenvalue weighted by Gasteiger charge is -2.37. The first-order valence-corrected chi connectivity index (χ1v) is 14.6. The first-order chi connectivity index (χ1) is 18.7. The second kappa shape index (κ2) is 14.4. The molecule has 2 heterocycles. The Morgan fingerprint density at radius 3 is 2.44 bits per heavy atom. The lowest BCUT2D eigenvalue weighted by Crippen LogP contribution is -2.41. The molecule has 1 amide bonds. The number of aliphatic imine (C=N–C) groups is 2. The van der Waals surface area contributed by atoms with Crippen LogP contribution in [-0.4, -0.2) is 48.4 Å². The maximum absolute atomic E-state index is 13.3. The van der Waals surface area contributed by atoms with Gasteiger partial charge in [-0.15, -0.1) is 0 Å². The van der Waals surface area contributed by atoms with Crippen molar-refractivity contribution in [1.82, 2.24) is 10.2 Å². The number of rotatable bonds is 11. The van der Waals surface area contributed by atoms with Crippen LogP contribution in [0.3, 0.4) is 0 Å². The van der Waals surface area contributed by atoms with E-state index < -0.39 is 0 Å². The van der Waals surface area contributed by atoms with Crippen molar-refractivity contribution in [3.63, 3.8) is 0 Å². The van der Waals surface area contributed by atoms with Crippen LogP contribution in [0.5, 0.6) is 0 Å². The Bertz CT molecular complexity index is 1120. The van der Waals surface area contributed by atoms with Crippen LogP contribution in [0.4, 0.5) is 0 Å². The van der Waals surface area contributed by atoms with Crippen LogP contribution in [0, 0.1) is 11.8 Å². The molecule has 3 rings (SSSR count).